The van der Waals surface area contributed by atoms with E-state index in [1.807, 2.05) is 22.4 Å². The summed E-state index contributed by atoms with van der Waals surface area (Å²) in [6.07, 6.45) is 1.80. The van der Waals surface area contributed by atoms with E-state index in [9.17, 15) is 14.7 Å². The molecule has 1 fully saturated rings. The number of halogens is 1. The molecule has 1 aromatic heterocycles. The van der Waals surface area contributed by atoms with E-state index in [0.717, 1.165) is 17.7 Å². The van der Waals surface area contributed by atoms with Crippen LogP contribution in [-0.4, -0.2) is 41.5 Å². The van der Waals surface area contributed by atoms with Crippen LogP contribution in [0, 0.1) is 5.92 Å². The average molecular weight is 403 g/mol. The molecule has 7 heteroatoms. The minimum Gasteiger partial charge on any atom is -0.396 e. The predicted molar refractivity (Wildman–Crippen MR) is 107 cm³/mol. The van der Waals surface area contributed by atoms with Crippen molar-refractivity contribution in [1.82, 2.24) is 4.90 Å². The van der Waals surface area contributed by atoms with Gasteiger partial charge < -0.3 is 10.0 Å². The zero-order valence-electron chi connectivity index (χ0n) is 14.6. The molecule has 4 rings (SSSR count). The molecule has 0 bridgehead atoms. The summed E-state index contributed by atoms with van der Waals surface area (Å²) in [4.78, 5) is 30.5. The number of anilines is 1. The van der Waals surface area contributed by atoms with E-state index in [0.29, 0.717) is 35.1 Å². The number of piperidine rings is 1. The van der Waals surface area contributed by atoms with E-state index < -0.39 is 0 Å². The lowest BCUT2D eigenvalue weighted by atomic mass is 9.98. The van der Waals surface area contributed by atoms with E-state index >= 15 is 0 Å². The highest BCUT2D eigenvalue weighted by atomic mass is 35.5. The van der Waals surface area contributed by atoms with Crippen molar-refractivity contribution in [1.29, 1.82) is 0 Å². The average Bonchev–Trinajstić information content (AvgIpc) is 3.29. The Morgan fingerprint density at radius 1 is 1.15 bits per heavy atom. The Hall–Kier alpha value is -2.15. The molecule has 5 nitrogen and oxygen atoms in total. The molecule has 2 aromatic rings. The number of thiophene rings is 1. The van der Waals surface area contributed by atoms with Gasteiger partial charge in [0.2, 0.25) is 0 Å². The van der Waals surface area contributed by atoms with Crippen LogP contribution < -0.4 is 4.90 Å². The van der Waals surface area contributed by atoms with Crippen molar-refractivity contribution in [2.45, 2.75) is 12.8 Å². The first-order chi connectivity index (χ1) is 13.1. The lowest BCUT2D eigenvalue weighted by molar-refractivity contribution is -0.120. The van der Waals surface area contributed by atoms with Gasteiger partial charge in [0.25, 0.3) is 11.8 Å². The van der Waals surface area contributed by atoms with Gasteiger partial charge >= 0.3 is 0 Å². The number of rotatable bonds is 4. The number of para-hydroxylation sites is 1. The van der Waals surface area contributed by atoms with Crippen molar-refractivity contribution in [3.05, 3.63) is 57.4 Å². The summed E-state index contributed by atoms with van der Waals surface area (Å²) in [7, 11) is 0. The predicted octanol–water partition coefficient (Wildman–Crippen LogP) is 3.39. The largest absolute Gasteiger partial charge is 0.396 e. The van der Waals surface area contributed by atoms with Gasteiger partial charge in [-0.2, -0.15) is 0 Å². The van der Waals surface area contributed by atoms with Crippen LogP contribution in [0.4, 0.5) is 5.69 Å². The lowest BCUT2D eigenvalue weighted by Crippen LogP contribution is -2.40. The number of carbonyl (C=O) groups excluding carboxylic acids is 2. The Kier molecular flexibility index (Phi) is 5.04. The smallest absolute Gasteiger partial charge is 0.282 e. The normalized spacial score (nSPS) is 20.7. The van der Waals surface area contributed by atoms with Gasteiger partial charge in [-0.3, -0.25) is 9.59 Å². The highest BCUT2D eigenvalue weighted by molar-refractivity contribution is 7.11. The number of nitrogens with zero attached hydrogens (tertiary/aromatic N) is 2. The molecular weight excluding hydrogens is 384 g/mol. The Morgan fingerprint density at radius 3 is 2.67 bits per heavy atom. The molecule has 1 atom stereocenters. The number of imide groups is 1. The van der Waals surface area contributed by atoms with Crippen molar-refractivity contribution >= 4 is 46.0 Å². The molecule has 0 radical (unpaired) electrons. The summed E-state index contributed by atoms with van der Waals surface area (Å²) in [5, 5.41) is 11.8. The lowest BCUT2D eigenvalue weighted by Gasteiger charge is -2.34. The van der Waals surface area contributed by atoms with E-state index in [1.165, 1.54) is 16.2 Å². The third-order valence-corrected chi connectivity index (χ3v) is 6.22. The first-order valence-electron chi connectivity index (χ1n) is 8.89. The van der Waals surface area contributed by atoms with Crippen molar-refractivity contribution in [3.8, 4) is 0 Å². The van der Waals surface area contributed by atoms with E-state index in [1.54, 1.807) is 24.3 Å². The Bertz CT molecular complexity index is 910. The second-order valence-corrected chi connectivity index (χ2v) is 8.09. The second-order valence-electron chi connectivity index (χ2n) is 6.73. The summed E-state index contributed by atoms with van der Waals surface area (Å²) in [5.41, 5.74) is 1.24. The maximum absolute atomic E-state index is 13.4. The molecular formula is C20H19ClN2O3S. The van der Waals surface area contributed by atoms with Crippen molar-refractivity contribution < 1.29 is 14.7 Å². The van der Waals surface area contributed by atoms with Crippen LogP contribution in [0.5, 0.6) is 0 Å². The molecule has 2 aliphatic rings. The zero-order valence-corrected chi connectivity index (χ0v) is 16.2. The second kappa shape index (κ2) is 7.46. The molecule has 2 aliphatic heterocycles. The maximum Gasteiger partial charge on any atom is 0.282 e. The number of carbonyl (C=O) groups is 2. The number of likely N-dealkylation sites (tertiary alicyclic amines) is 1. The number of aliphatic hydroxyl groups is 1. The van der Waals surface area contributed by atoms with Crippen molar-refractivity contribution in [2.24, 2.45) is 5.92 Å². The van der Waals surface area contributed by atoms with E-state index in [4.69, 9.17) is 11.6 Å². The summed E-state index contributed by atoms with van der Waals surface area (Å²) < 4.78 is 0. The van der Waals surface area contributed by atoms with Gasteiger partial charge in [0, 0.05) is 24.6 Å². The molecule has 2 amide bonds. The summed E-state index contributed by atoms with van der Waals surface area (Å²) >= 11 is 7.71. The number of benzene rings is 1. The highest BCUT2D eigenvalue weighted by Crippen LogP contribution is 2.39. The van der Waals surface area contributed by atoms with Crippen LogP contribution in [0.25, 0.3) is 5.57 Å². The Morgan fingerprint density at radius 2 is 1.96 bits per heavy atom. The Balaban J connectivity index is 1.80. The monoisotopic (exact) mass is 402 g/mol. The number of amides is 2. The molecule has 3 heterocycles. The molecule has 1 N–H and O–H groups in total. The summed E-state index contributed by atoms with van der Waals surface area (Å²) in [6, 6.07) is 10.6. The third kappa shape index (κ3) is 3.18. The third-order valence-electron chi connectivity index (χ3n) is 5.01. The van der Waals surface area contributed by atoms with Gasteiger partial charge in [0.05, 0.1) is 16.3 Å². The first kappa shape index (κ1) is 18.2. The molecule has 0 spiro atoms. The fraction of sp³-hybridized carbons (Fsp3) is 0.300. The topological polar surface area (TPSA) is 60.9 Å². The summed E-state index contributed by atoms with van der Waals surface area (Å²) in [6.45, 7) is 1.33. The zero-order chi connectivity index (χ0) is 19.0. The van der Waals surface area contributed by atoms with Gasteiger partial charge in [-0.1, -0.05) is 29.8 Å². The van der Waals surface area contributed by atoms with Crippen molar-refractivity contribution in [2.75, 3.05) is 24.6 Å². The molecule has 27 heavy (non-hydrogen) atoms. The Labute approximate surface area is 166 Å². The number of aliphatic hydroxyl groups excluding tert-OH is 1. The van der Waals surface area contributed by atoms with Gasteiger partial charge in [-0.25, -0.2) is 4.90 Å². The first-order valence-corrected chi connectivity index (χ1v) is 10.1. The van der Waals surface area contributed by atoms with Crippen LogP contribution >= 0.6 is 22.9 Å². The minimum absolute atomic E-state index is 0.0779. The molecule has 0 saturated carbocycles. The SMILES string of the molecule is O=C1C(c2cccs2)=C(N2CCCC(CO)C2)C(=O)N1c1ccccc1Cl. The van der Waals surface area contributed by atoms with Crippen LogP contribution in [0.2, 0.25) is 5.02 Å². The molecule has 1 saturated heterocycles. The van der Waals surface area contributed by atoms with Crippen LogP contribution in [0.3, 0.4) is 0 Å². The molecule has 140 valence electrons. The number of hydrogen-bond acceptors (Lipinski definition) is 5. The standard InChI is InChI=1S/C20H19ClN2O3S/c21-14-6-1-2-7-15(14)23-19(25)17(16-8-4-10-27-16)18(20(23)26)22-9-3-5-13(11-22)12-24/h1-2,4,6-8,10,13,24H,3,5,9,11-12H2. The minimum atomic E-state index is -0.352. The van der Waals surface area contributed by atoms with Gasteiger partial charge in [0.15, 0.2) is 0 Å². The molecule has 1 aromatic carbocycles. The van der Waals surface area contributed by atoms with Gasteiger partial charge in [-0.15, -0.1) is 11.3 Å². The van der Waals surface area contributed by atoms with Crippen LogP contribution in [0.15, 0.2) is 47.5 Å². The quantitative estimate of drug-likeness (QED) is 0.796. The van der Waals surface area contributed by atoms with Crippen LogP contribution in [0.1, 0.15) is 17.7 Å². The van der Waals surface area contributed by atoms with Crippen LogP contribution in [-0.2, 0) is 9.59 Å². The molecule has 0 aliphatic carbocycles. The fourth-order valence-corrected chi connectivity index (χ4v) is 4.71. The van der Waals surface area contributed by atoms with Gasteiger partial charge in [-0.05, 0) is 42.3 Å². The number of hydrogen-bond donors (Lipinski definition) is 1. The summed E-state index contributed by atoms with van der Waals surface area (Å²) in [5.74, 6) is -0.597. The molecule has 1 unspecified atom stereocenters. The highest BCUT2D eigenvalue weighted by Gasteiger charge is 2.44. The fourth-order valence-electron chi connectivity index (χ4n) is 3.72. The maximum atomic E-state index is 13.4. The van der Waals surface area contributed by atoms with Gasteiger partial charge in [0.1, 0.15) is 5.70 Å². The van der Waals surface area contributed by atoms with Crippen molar-refractivity contribution in [3.63, 3.8) is 0 Å². The van der Waals surface area contributed by atoms with E-state index in [-0.39, 0.29) is 24.3 Å². The van der Waals surface area contributed by atoms with E-state index in [2.05, 4.69) is 0 Å².